The normalized spacial score (nSPS) is 16.9. The van der Waals surface area contributed by atoms with Crippen molar-refractivity contribution in [3.05, 3.63) is 41.4 Å². The molecule has 7 nitrogen and oxygen atoms in total. The van der Waals surface area contributed by atoms with Gasteiger partial charge < -0.3 is 14.4 Å². The number of carbonyl (C=O) groups excluding carboxylic acids is 2. The molecule has 1 aromatic rings. The summed E-state index contributed by atoms with van der Waals surface area (Å²) in [4.78, 5) is 35.5. The van der Waals surface area contributed by atoms with Gasteiger partial charge >= 0.3 is 25.0 Å². The van der Waals surface area contributed by atoms with Crippen molar-refractivity contribution in [3.8, 4) is 0 Å². The highest BCUT2D eigenvalue weighted by atomic mass is 16.6. The zero-order valence-corrected chi connectivity index (χ0v) is 11.9. The fourth-order valence-electron chi connectivity index (χ4n) is 1.90. The number of carboxylic acids is 1. The highest BCUT2D eigenvalue weighted by Gasteiger charge is 2.29. The summed E-state index contributed by atoms with van der Waals surface area (Å²) in [7, 11) is 0.484. The molecule has 1 aliphatic rings. The van der Waals surface area contributed by atoms with Crippen LogP contribution in [-0.4, -0.2) is 55.2 Å². The van der Waals surface area contributed by atoms with Crippen LogP contribution in [0.5, 0.6) is 0 Å². The summed E-state index contributed by atoms with van der Waals surface area (Å²) >= 11 is 0. The highest BCUT2D eigenvalue weighted by molar-refractivity contribution is 6.55. The van der Waals surface area contributed by atoms with Crippen molar-refractivity contribution in [3.63, 3.8) is 0 Å². The Bertz CT molecular complexity index is 610. The number of likely N-dealkylation sites (N-methyl/N-ethyl adjacent to an activating group) is 1. The smallest absolute Gasteiger partial charge is 0.495 e. The van der Waals surface area contributed by atoms with Crippen molar-refractivity contribution in [1.82, 2.24) is 4.90 Å². The van der Waals surface area contributed by atoms with E-state index in [0.717, 1.165) is 0 Å². The molecule has 0 saturated carbocycles. The van der Waals surface area contributed by atoms with Gasteiger partial charge in [-0.2, -0.15) is 0 Å². The number of benzene rings is 1. The molecule has 2 rings (SSSR count). The summed E-state index contributed by atoms with van der Waals surface area (Å²) < 4.78 is 10.0. The van der Waals surface area contributed by atoms with E-state index in [-0.39, 0.29) is 18.7 Å². The number of carboxylic acid groups (broad SMARTS) is 1. The SMILES string of the molecule is CN1CC(=O)OB(/C=C/c2cccc(C(=O)O)c2)OC(=O)C1. The average Bonchev–Trinajstić information content (AvgIpc) is 2.43. The third-order valence-electron chi connectivity index (χ3n) is 2.87. The quantitative estimate of drug-likeness (QED) is 0.811. The molecule has 1 N–H and O–H groups in total. The van der Waals surface area contributed by atoms with Crippen LogP contribution in [0.4, 0.5) is 0 Å². The molecule has 0 aliphatic carbocycles. The standard InChI is InChI=1S/C14H14BNO6/c1-16-8-12(17)21-15(22-13(18)9-16)6-5-10-3-2-4-11(7-10)14(19)20/h2-7H,8-9H2,1H3,(H,19,20)/b6-5+. The van der Waals surface area contributed by atoms with E-state index < -0.39 is 25.0 Å². The number of nitrogens with zero attached hydrogens (tertiary/aromatic N) is 1. The monoisotopic (exact) mass is 303 g/mol. The summed E-state index contributed by atoms with van der Waals surface area (Å²) in [6.07, 6.45) is 1.53. The van der Waals surface area contributed by atoms with Crippen molar-refractivity contribution in [2.75, 3.05) is 20.1 Å². The molecule has 22 heavy (non-hydrogen) atoms. The molecular weight excluding hydrogens is 289 g/mol. The molecule has 8 heteroatoms. The Morgan fingerprint density at radius 1 is 1.27 bits per heavy atom. The Morgan fingerprint density at radius 2 is 1.91 bits per heavy atom. The third kappa shape index (κ3) is 4.46. The second-order valence-electron chi connectivity index (χ2n) is 4.81. The van der Waals surface area contributed by atoms with Gasteiger partial charge in [-0.3, -0.25) is 14.5 Å². The lowest BCUT2D eigenvalue weighted by atomic mass is 9.88. The summed E-state index contributed by atoms with van der Waals surface area (Å²) in [5.74, 6) is -0.669. The van der Waals surface area contributed by atoms with Crippen LogP contribution in [-0.2, 0) is 18.9 Å². The molecule has 0 spiro atoms. The van der Waals surface area contributed by atoms with E-state index in [1.807, 2.05) is 0 Å². The Kier molecular flexibility index (Phi) is 4.95. The molecule has 0 amide bonds. The lowest BCUT2D eigenvalue weighted by Gasteiger charge is -2.21. The van der Waals surface area contributed by atoms with Crippen LogP contribution >= 0.6 is 0 Å². The van der Waals surface area contributed by atoms with Crippen molar-refractivity contribution in [2.45, 2.75) is 0 Å². The number of aromatic carboxylic acids is 1. The fraction of sp³-hybridized carbons (Fsp3) is 0.214. The van der Waals surface area contributed by atoms with Crippen LogP contribution < -0.4 is 0 Å². The molecule has 0 radical (unpaired) electrons. The largest absolute Gasteiger partial charge is 0.628 e. The average molecular weight is 303 g/mol. The van der Waals surface area contributed by atoms with Crippen molar-refractivity contribution in [2.24, 2.45) is 0 Å². The molecule has 1 aliphatic heterocycles. The number of rotatable bonds is 3. The van der Waals surface area contributed by atoms with Gasteiger partial charge in [-0.15, -0.1) is 0 Å². The zero-order chi connectivity index (χ0) is 16.1. The topological polar surface area (TPSA) is 93.1 Å². The number of hydrogen-bond donors (Lipinski definition) is 1. The first-order valence-corrected chi connectivity index (χ1v) is 6.53. The van der Waals surface area contributed by atoms with E-state index in [2.05, 4.69) is 0 Å². The van der Waals surface area contributed by atoms with E-state index in [0.29, 0.717) is 5.56 Å². The minimum Gasteiger partial charge on any atom is -0.495 e. The van der Waals surface area contributed by atoms with Gasteiger partial charge in [-0.25, -0.2) is 4.79 Å². The molecule has 1 fully saturated rings. The van der Waals surface area contributed by atoms with E-state index in [4.69, 9.17) is 14.4 Å². The second kappa shape index (κ2) is 6.90. The minimum atomic E-state index is -1.12. The molecule has 0 bridgehead atoms. The van der Waals surface area contributed by atoms with E-state index in [1.54, 1.807) is 19.2 Å². The molecule has 0 aromatic heterocycles. The van der Waals surface area contributed by atoms with Crippen molar-refractivity contribution >= 4 is 31.1 Å². The van der Waals surface area contributed by atoms with Crippen LogP contribution in [0, 0.1) is 0 Å². The van der Waals surface area contributed by atoms with Crippen LogP contribution in [0.2, 0.25) is 0 Å². The second-order valence-corrected chi connectivity index (χ2v) is 4.81. The maximum atomic E-state index is 11.6. The van der Waals surface area contributed by atoms with E-state index in [9.17, 15) is 14.4 Å². The molecule has 1 saturated heterocycles. The van der Waals surface area contributed by atoms with Crippen LogP contribution in [0.25, 0.3) is 6.08 Å². The Labute approximate surface area is 127 Å². The number of carbonyl (C=O) groups is 3. The zero-order valence-electron chi connectivity index (χ0n) is 11.9. The highest BCUT2D eigenvalue weighted by Crippen LogP contribution is 2.09. The summed E-state index contributed by atoms with van der Waals surface area (Å²) in [5.41, 5.74) is 0.724. The van der Waals surface area contributed by atoms with Gasteiger partial charge in [0.15, 0.2) is 0 Å². The Hall–Kier alpha value is -2.61. The summed E-state index contributed by atoms with van der Waals surface area (Å²) in [6.45, 7) is -0.0120. The van der Waals surface area contributed by atoms with Gasteiger partial charge in [0, 0.05) is 0 Å². The first-order chi connectivity index (χ1) is 10.4. The molecule has 0 unspecified atom stereocenters. The molecular formula is C14H14BNO6. The fourth-order valence-corrected chi connectivity index (χ4v) is 1.90. The van der Waals surface area contributed by atoms with Gasteiger partial charge in [0.05, 0.1) is 18.7 Å². The van der Waals surface area contributed by atoms with Crippen LogP contribution in [0.1, 0.15) is 15.9 Å². The van der Waals surface area contributed by atoms with Gasteiger partial charge in [-0.1, -0.05) is 18.2 Å². The summed E-state index contributed by atoms with van der Waals surface area (Å²) in [5, 5.41) is 8.92. The maximum absolute atomic E-state index is 11.6. The van der Waals surface area contributed by atoms with Crippen LogP contribution in [0.15, 0.2) is 30.2 Å². The third-order valence-corrected chi connectivity index (χ3v) is 2.87. The first-order valence-electron chi connectivity index (χ1n) is 6.53. The van der Waals surface area contributed by atoms with E-state index in [1.165, 1.54) is 29.1 Å². The lowest BCUT2D eigenvalue weighted by molar-refractivity contribution is -0.145. The predicted molar refractivity (Wildman–Crippen MR) is 77.9 cm³/mol. The first kappa shape index (κ1) is 15.8. The van der Waals surface area contributed by atoms with Crippen LogP contribution in [0.3, 0.4) is 0 Å². The van der Waals surface area contributed by atoms with Crippen molar-refractivity contribution < 1.29 is 28.8 Å². The van der Waals surface area contributed by atoms with Gasteiger partial charge in [-0.05, 0) is 30.7 Å². The molecule has 0 atom stereocenters. The Balaban J connectivity index is 2.10. The minimum absolute atomic E-state index is 0.00601. The van der Waals surface area contributed by atoms with Crippen molar-refractivity contribution in [1.29, 1.82) is 0 Å². The molecule has 1 heterocycles. The Morgan fingerprint density at radius 3 is 2.50 bits per heavy atom. The van der Waals surface area contributed by atoms with Gasteiger partial charge in [0.1, 0.15) is 0 Å². The van der Waals surface area contributed by atoms with Gasteiger partial charge in [0.2, 0.25) is 0 Å². The van der Waals surface area contributed by atoms with Gasteiger partial charge in [0.25, 0.3) is 0 Å². The molecule has 1 aromatic carbocycles. The predicted octanol–water partition coefficient (Wildman–Crippen LogP) is 0.457. The van der Waals surface area contributed by atoms with E-state index >= 15 is 0 Å². The maximum Gasteiger partial charge on any atom is 0.628 e. The number of hydrogen-bond acceptors (Lipinski definition) is 6. The summed E-state index contributed by atoms with van der Waals surface area (Å²) in [6, 6.07) is 6.20. The lowest BCUT2D eigenvalue weighted by Crippen LogP contribution is -2.41. The molecule has 114 valence electrons.